The first kappa shape index (κ1) is 19.2. The Morgan fingerprint density at radius 1 is 1.03 bits per heavy atom. The molecule has 0 saturated heterocycles. The molecule has 150 valence electrons. The third-order valence-corrected chi connectivity index (χ3v) is 4.37. The van der Waals surface area contributed by atoms with Gasteiger partial charge in [-0.3, -0.25) is 4.79 Å². The summed E-state index contributed by atoms with van der Waals surface area (Å²) >= 11 is 0. The fraction of sp³-hybridized carbons (Fsp3) is 0.0952. The first-order chi connectivity index (χ1) is 14.4. The molecule has 2 aromatic carbocycles. The van der Waals surface area contributed by atoms with E-state index in [1.54, 1.807) is 50.5 Å². The summed E-state index contributed by atoms with van der Waals surface area (Å²) < 4.78 is 19.6. The molecule has 0 radical (unpaired) electrons. The number of hydrogen-bond donors (Lipinski definition) is 1. The molecule has 1 amide bonds. The molecule has 4 aromatic rings. The third-order valence-electron chi connectivity index (χ3n) is 4.37. The molecule has 4 rings (SSSR count). The molecule has 0 atom stereocenters. The summed E-state index contributed by atoms with van der Waals surface area (Å²) in [7, 11) is 3.38. The van der Waals surface area contributed by atoms with Gasteiger partial charge in [-0.1, -0.05) is 24.3 Å². The fourth-order valence-electron chi connectivity index (χ4n) is 2.80. The maximum atomic E-state index is 14.0. The molecule has 2 N–H and O–H groups in total. The molecule has 2 heterocycles. The summed E-state index contributed by atoms with van der Waals surface area (Å²) in [5.41, 5.74) is 8.11. The molecular weight excluding hydrogens is 387 g/mol. The van der Waals surface area contributed by atoms with E-state index >= 15 is 0 Å². The van der Waals surface area contributed by atoms with Crippen molar-refractivity contribution in [3.63, 3.8) is 0 Å². The number of anilines is 1. The van der Waals surface area contributed by atoms with Crippen LogP contribution in [0.1, 0.15) is 10.4 Å². The molecule has 0 unspecified atom stereocenters. The summed E-state index contributed by atoms with van der Waals surface area (Å²) in [6.07, 6.45) is 1.51. The van der Waals surface area contributed by atoms with Crippen LogP contribution in [0.5, 0.6) is 0 Å². The largest absolute Gasteiger partial charge is 0.414 e. The number of carbonyl (C=O) groups excluding carboxylic acids is 1. The first-order valence-electron chi connectivity index (χ1n) is 8.97. The minimum Gasteiger partial charge on any atom is -0.414 e. The van der Waals surface area contributed by atoms with Gasteiger partial charge in [-0.25, -0.2) is 14.4 Å². The first-order valence-corrected chi connectivity index (χ1v) is 8.97. The van der Waals surface area contributed by atoms with Crippen molar-refractivity contribution in [3.05, 3.63) is 66.1 Å². The molecule has 0 spiro atoms. The predicted octanol–water partition coefficient (Wildman–Crippen LogP) is 3.28. The monoisotopic (exact) mass is 404 g/mol. The van der Waals surface area contributed by atoms with Crippen molar-refractivity contribution >= 4 is 11.7 Å². The zero-order valence-corrected chi connectivity index (χ0v) is 16.2. The highest BCUT2D eigenvalue weighted by Crippen LogP contribution is 2.28. The summed E-state index contributed by atoms with van der Waals surface area (Å²) in [4.78, 5) is 22.2. The molecule has 0 aliphatic heterocycles. The number of halogens is 1. The average molecular weight is 404 g/mol. The van der Waals surface area contributed by atoms with Crippen molar-refractivity contribution < 1.29 is 13.6 Å². The zero-order chi connectivity index (χ0) is 21.3. The lowest BCUT2D eigenvalue weighted by atomic mass is 10.1. The van der Waals surface area contributed by atoms with Gasteiger partial charge in [0.25, 0.3) is 17.7 Å². The topological polar surface area (TPSA) is 111 Å². The number of rotatable bonds is 4. The standard InChI is InChI=1S/C21H17FN6O2/c1-28(2)21(29)13-9-7-12(8-10-13)16-11-24-18(23)17(25-16)20-27-26-19(30-20)14-5-3-4-6-15(14)22/h3-11H,1-2H3,(H2,23,24). The molecule has 0 fully saturated rings. The summed E-state index contributed by atoms with van der Waals surface area (Å²) in [5, 5.41) is 7.83. The highest BCUT2D eigenvalue weighted by atomic mass is 19.1. The molecule has 0 aliphatic rings. The van der Waals surface area contributed by atoms with Crippen LogP contribution in [0.15, 0.2) is 59.1 Å². The lowest BCUT2D eigenvalue weighted by Gasteiger charge is -2.10. The Hall–Kier alpha value is -4.14. The second-order valence-corrected chi connectivity index (χ2v) is 6.66. The molecular formula is C21H17FN6O2. The van der Waals surface area contributed by atoms with Gasteiger partial charge in [0, 0.05) is 25.2 Å². The number of hydrogen-bond acceptors (Lipinski definition) is 7. The molecule has 2 aromatic heterocycles. The van der Waals surface area contributed by atoms with E-state index in [4.69, 9.17) is 10.2 Å². The van der Waals surface area contributed by atoms with E-state index in [1.165, 1.54) is 23.2 Å². The molecule has 0 aliphatic carbocycles. The number of nitrogen functional groups attached to an aromatic ring is 1. The third kappa shape index (κ3) is 3.60. The molecule has 9 heteroatoms. The highest BCUT2D eigenvalue weighted by molar-refractivity contribution is 5.94. The van der Waals surface area contributed by atoms with E-state index in [0.29, 0.717) is 11.3 Å². The van der Waals surface area contributed by atoms with Crippen LogP contribution < -0.4 is 5.73 Å². The van der Waals surface area contributed by atoms with Gasteiger partial charge in [0.1, 0.15) is 5.82 Å². The van der Waals surface area contributed by atoms with Crippen LogP contribution >= 0.6 is 0 Å². The van der Waals surface area contributed by atoms with E-state index in [1.807, 2.05) is 0 Å². The second kappa shape index (κ2) is 7.70. The number of carbonyl (C=O) groups is 1. The van der Waals surface area contributed by atoms with Crippen molar-refractivity contribution in [1.29, 1.82) is 0 Å². The Morgan fingerprint density at radius 2 is 1.73 bits per heavy atom. The van der Waals surface area contributed by atoms with E-state index in [9.17, 15) is 9.18 Å². The Labute approximate surface area is 171 Å². The smallest absolute Gasteiger partial charge is 0.270 e. The van der Waals surface area contributed by atoms with Crippen LogP contribution in [0.2, 0.25) is 0 Å². The zero-order valence-electron chi connectivity index (χ0n) is 16.2. The van der Waals surface area contributed by atoms with Crippen molar-refractivity contribution in [1.82, 2.24) is 25.1 Å². The van der Waals surface area contributed by atoms with E-state index < -0.39 is 5.82 Å². The number of nitrogens with two attached hydrogens (primary N) is 1. The minimum absolute atomic E-state index is 0.0150. The van der Waals surface area contributed by atoms with Gasteiger partial charge < -0.3 is 15.1 Å². The Kier molecular flexibility index (Phi) is 4.93. The van der Waals surface area contributed by atoms with Gasteiger partial charge in [-0.2, -0.15) is 0 Å². The molecule has 0 saturated carbocycles. The number of nitrogens with zero attached hydrogens (tertiary/aromatic N) is 5. The van der Waals surface area contributed by atoms with Crippen LogP contribution in [0.4, 0.5) is 10.2 Å². The normalized spacial score (nSPS) is 10.8. The molecule has 8 nitrogen and oxygen atoms in total. The Morgan fingerprint density at radius 3 is 2.43 bits per heavy atom. The van der Waals surface area contributed by atoms with E-state index in [2.05, 4.69) is 20.2 Å². The number of aromatic nitrogens is 4. The molecule has 0 bridgehead atoms. The minimum atomic E-state index is -0.479. The maximum Gasteiger partial charge on any atom is 0.270 e. The van der Waals surface area contributed by atoms with Crippen molar-refractivity contribution in [2.24, 2.45) is 0 Å². The summed E-state index contributed by atoms with van der Waals surface area (Å²) in [6.45, 7) is 0. The van der Waals surface area contributed by atoms with Gasteiger partial charge in [-0.05, 0) is 24.3 Å². The van der Waals surface area contributed by atoms with Crippen molar-refractivity contribution in [2.75, 3.05) is 19.8 Å². The predicted molar refractivity (Wildman–Crippen MR) is 109 cm³/mol. The van der Waals surface area contributed by atoms with Gasteiger partial charge in [0.05, 0.1) is 17.5 Å². The van der Waals surface area contributed by atoms with Crippen LogP contribution in [0, 0.1) is 5.82 Å². The number of amides is 1. The van der Waals surface area contributed by atoms with E-state index in [0.717, 1.165) is 5.56 Å². The van der Waals surface area contributed by atoms with Crippen molar-refractivity contribution in [2.45, 2.75) is 0 Å². The fourth-order valence-corrected chi connectivity index (χ4v) is 2.80. The van der Waals surface area contributed by atoms with Crippen LogP contribution in [-0.4, -0.2) is 45.1 Å². The second-order valence-electron chi connectivity index (χ2n) is 6.66. The van der Waals surface area contributed by atoms with Gasteiger partial charge >= 0.3 is 0 Å². The summed E-state index contributed by atoms with van der Waals surface area (Å²) in [6, 6.07) is 13.0. The average Bonchev–Trinajstić information content (AvgIpc) is 3.23. The summed E-state index contributed by atoms with van der Waals surface area (Å²) in [5.74, 6) is -0.437. The van der Waals surface area contributed by atoms with Gasteiger partial charge in [0.2, 0.25) is 0 Å². The van der Waals surface area contributed by atoms with Crippen LogP contribution in [-0.2, 0) is 0 Å². The molecule has 30 heavy (non-hydrogen) atoms. The van der Waals surface area contributed by atoms with Crippen molar-refractivity contribution in [3.8, 4) is 34.3 Å². The SMILES string of the molecule is CN(C)C(=O)c1ccc(-c2cnc(N)c(-c3nnc(-c4ccccc4F)o3)n2)cc1. The lowest BCUT2D eigenvalue weighted by Crippen LogP contribution is -2.21. The highest BCUT2D eigenvalue weighted by Gasteiger charge is 2.18. The lowest BCUT2D eigenvalue weighted by molar-refractivity contribution is 0.0827. The van der Waals surface area contributed by atoms with Gasteiger partial charge in [-0.15, -0.1) is 10.2 Å². The van der Waals surface area contributed by atoms with E-state index in [-0.39, 0.29) is 34.8 Å². The Bertz CT molecular complexity index is 1220. The quantitative estimate of drug-likeness (QED) is 0.555. The van der Waals surface area contributed by atoms with Gasteiger partial charge in [0.15, 0.2) is 11.5 Å². The maximum absolute atomic E-state index is 14.0. The van der Waals surface area contributed by atoms with Crippen LogP contribution in [0.25, 0.3) is 34.3 Å². The Balaban J connectivity index is 1.68. The van der Waals surface area contributed by atoms with Crippen LogP contribution in [0.3, 0.4) is 0 Å². The number of benzene rings is 2.